The van der Waals surface area contributed by atoms with Gasteiger partial charge in [-0.3, -0.25) is 0 Å². The summed E-state index contributed by atoms with van der Waals surface area (Å²) >= 11 is 2.83. The Morgan fingerprint density at radius 1 is 1.40 bits per heavy atom. The van der Waals surface area contributed by atoms with E-state index in [-0.39, 0.29) is 12.6 Å². The number of thiophene rings is 1. The maximum atomic E-state index is 12.7. The molecule has 3 aromatic rings. The number of carbonyl (C=O) groups is 2. The number of esters is 1. The van der Waals surface area contributed by atoms with Crippen LogP contribution in [0.15, 0.2) is 63.1 Å². The second kappa shape index (κ2) is 9.18. The first-order valence-electron chi connectivity index (χ1n) is 9.19. The van der Waals surface area contributed by atoms with Crippen molar-refractivity contribution in [2.75, 3.05) is 12.4 Å². The predicted molar refractivity (Wildman–Crippen MR) is 111 cm³/mol. The number of furan rings is 1. The van der Waals surface area contributed by atoms with Crippen molar-refractivity contribution in [3.63, 3.8) is 0 Å². The molecule has 1 atom stereocenters. The van der Waals surface area contributed by atoms with Crippen molar-refractivity contribution in [3.8, 4) is 0 Å². The van der Waals surface area contributed by atoms with Crippen LogP contribution in [0.5, 0.6) is 0 Å². The number of hydrogen-bond donors (Lipinski definition) is 2. The molecule has 0 bridgehead atoms. The highest BCUT2D eigenvalue weighted by atomic mass is 32.2. The Hall–Kier alpha value is -3.05. The standard InChI is InChI=1S/C19H19N5O4S2/c1-2-27-17(25)15-13(21-18(26)22-16(15)14-6-4-8-29-14)10-30-19-23-20-11-24(19)9-12-5-3-7-28-12/h3-8,11,16H,2,9-10H2,1H3,(H2,21,22,26)/t16-/m0/s1. The van der Waals surface area contributed by atoms with Crippen molar-refractivity contribution >= 4 is 35.1 Å². The maximum absolute atomic E-state index is 12.7. The van der Waals surface area contributed by atoms with Crippen LogP contribution in [-0.4, -0.2) is 39.1 Å². The zero-order chi connectivity index (χ0) is 20.9. The Morgan fingerprint density at radius 3 is 3.03 bits per heavy atom. The summed E-state index contributed by atoms with van der Waals surface area (Å²) in [5, 5.41) is 16.2. The van der Waals surface area contributed by atoms with Crippen LogP contribution >= 0.6 is 23.1 Å². The van der Waals surface area contributed by atoms with Gasteiger partial charge in [0.15, 0.2) is 5.16 Å². The first-order chi connectivity index (χ1) is 14.7. The summed E-state index contributed by atoms with van der Waals surface area (Å²) < 4.78 is 12.5. The third-order valence-electron chi connectivity index (χ3n) is 4.31. The largest absolute Gasteiger partial charge is 0.467 e. The Balaban J connectivity index is 1.60. The number of nitrogens with zero attached hydrogens (tertiary/aromatic N) is 3. The van der Waals surface area contributed by atoms with E-state index in [1.54, 1.807) is 19.5 Å². The summed E-state index contributed by atoms with van der Waals surface area (Å²) in [6, 6.07) is 6.52. The fourth-order valence-electron chi connectivity index (χ4n) is 3.02. The van der Waals surface area contributed by atoms with E-state index in [9.17, 15) is 9.59 Å². The average Bonchev–Trinajstić information content (AvgIpc) is 3.50. The van der Waals surface area contributed by atoms with Crippen molar-refractivity contribution in [2.24, 2.45) is 0 Å². The van der Waals surface area contributed by atoms with E-state index in [4.69, 9.17) is 9.15 Å². The Morgan fingerprint density at radius 2 is 2.30 bits per heavy atom. The van der Waals surface area contributed by atoms with Crippen LogP contribution in [0.4, 0.5) is 4.79 Å². The number of rotatable bonds is 8. The molecule has 0 aromatic carbocycles. The van der Waals surface area contributed by atoms with Crippen LogP contribution in [0.2, 0.25) is 0 Å². The van der Waals surface area contributed by atoms with Crippen LogP contribution in [-0.2, 0) is 16.1 Å². The highest BCUT2D eigenvalue weighted by molar-refractivity contribution is 7.99. The van der Waals surface area contributed by atoms with Crippen LogP contribution < -0.4 is 10.6 Å². The number of urea groups is 1. The van der Waals surface area contributed by atoms with E-state index >= 15 is 0 Å². The molecule has 2 amide bonds. The summed E-state index contributed by atoms with van der Waals surface area (Å²) in [5.41, 5.74) is 0.886. The summed E-state index contributed by atoms with van der Waals surface area (Å²) in [6.45, 7) is 2.47. The second-order valence-electron chi connectivity index (χ2n) is 6.27. The molecule has 156 valence electrons. The number of aromatic nitrogens is 3. The fraction of sp³-hybridized carbons (Fsp3) is 0.263. The quantitative estimate of drug-likeness (QED) is 0.405. The van der Waals surface area contributed by atoms with Crippen molar-refractivity contribution in [1.29, 1.82) is 0 Å². The number of ether oxygens (including phenoxy) is 1. The van der Waals surface area contributed by atoms with Crippen LogP contribution in [0.3, 0.4) is 0 Å². The van der Waals surface area contributed by atoms with Gasteiger partial charge in [0.2, 0.25) is 0 Å². The highest BCUT2D eigenvalue weighted by Crippen LogP contribution is 2.32. The average molecular weight is 446 g/mol. The maximum Gasteiger partial charge on any atom is 0.338 e. The number of carbonyl (C=O) groups excluding carboxylic acids is 2. The minimum Gasteiger partial charge on any atom is -0.467 e. The smallest absolute Gasteiger partial charge is 0.338 e. The van der Waals surface area contributed by atoms with Gasteiger partial charge in [-0.05, 0) is 30.5 Å². The third-order valence-corrected chi connectivity index (χ3v) is 6.25. The molecule has 1 aliphatic heterocycles. The van der Waals surface area contributed by atoms with E-state index in [2.05, 4.69) is 20.8 Å². The van der Waals surface area contributed by atoms with E-state index in [1.165, 1.54) is 23.1 Å². The SMILES string of the molecule is CCOC(=O)C1=C(CSc2nncn2Cc2ccco2)NC(=O)N[C@H]1c1cccs1. The molecule has 0 saturated carbocycles. The number of nitrogens with one attached hydrogen (secondary N) is 2. The van der Waals surface area contributed by atoms with Gasteiger partial charge in [0.1, 0.15) is 12.1 Å². The molecule has 30 heavy (non-hydrogen) atoms. The van der Waals surface area contributed by atoms with Crippen LogP contribution in [0.25, 0.3) is 0 Å². The van der Waals surface area contributed by atoms with Crippen LogP contribution in [0.1, 0.15) is 23.6 Å². The second-order valence-corrected chi connectivity index (χ2v) is 8.19. The van der Waals surface area contributed by atoms with Crippen LogP contribution in [0, 0.1) is 0 Å². The number of amides is 2. The summed E-state index contributed by atoms with van der Waals surface area (Å²) in [7, 11) is 0. The van der Waals surface area contributed by atoms with E-state index in [1.807, 2.05) is 34.2 Å². The lowest BCUT2D eigenvalue weighted by molar-refractivity contribution is -0.139. The molecule has 0 radical (unpaired) electrons. The van der Waals surface area contributed by atoms with Gasteiger partial charge in [0, 0.05) is 16.3 Å². The molecule has 1 aliphatic rings. The van der Waals surface area contributed by atoms with Gasteiger partial charge in [-0.2, -0.15) is 0 Å². The normalized spacial score (nSPS) is 16.3. The summed E-state index contributed by atoms with van der Waals surface area (Å²) in [4.78, 5) is 25.9. The van der Waals surface area contributed by atoms with Gasteiger partial charge in [0.05, 0.1) is 31.0 Å². The van der Waals surface area contributed by atoms with Crippen molar-refractivity contribution < 1.29 is 18.7 Å². The minimum atomic E-state index is -0.561. The molecule has 2 N–H and O–H groups in total. The number of hydrogen-bond acceptors (Lipinski definition) is 8. The topological polar surface area (TPSA) is 111 Å². The minimum absolute atomic E-state index is 0.241. The van der Waals surface area contributed by atoms with E-state index in [0.29, 0.717) is 28.7 Å². The molecule has 0 spiro atoms. The van der Waals surface area contributed by atoms with Crippen molar-refractivity contribution in [1.82, 2.24) is 25.4 Å². The fourth-order valence-corrected chi connectivity index (χ4v) is 4.69. The molecule has 0 saturated heterocycles. The summed E-state index contributed by atoms with van der Waals surface area (Å²) in [6.07, 6.45) is 3.22. The van der Waals surface area contributed by atoms with Gasteiger partial charge in [-0.15, -0.1) is 21.5 Å². The summed E-state index contributed by atoms with van der Waals surface area (Å²) in [5.74, 6) is 0.632. The van der Waals surface area contributed by atoms with Crippen molar-refractivity contribution in [3.05, 3.63) is 64.1 Å². The van der Waals surface area contributed by atoms with Gasteiger partial charge >= 0.3 is 12.0 Å². The predicted octanol–water partition coefficient (Wildman–Crippen LogP) is 2.94. The molecule has 4 rings (SSSR count). The Labute approximate surface area is 180 Å². The van der Waals surface area contributed by atoms with Gasteiger partial charge < -0.3 is 24.4 Å². The Kier molecular flexibility index (Phi) is 6.19. The van der Waals surface area contributed by atoms with E-state index < -0.39 is 12.0 Å². The molecule has 4 heterocycles. The Bertz CT molecular complexity index is 1040. The first kappa shape index (κ1) is 20.2. The van der Waals surface area contributed by atoms with Gasteiger partial charge in [-0.1, -0.05) is 17.8 Å². The molecule has 9 nitrogen and oxygen atoms in total. The lowest BCUT2D eigenvalue weighted by Gasteiger charge is -2.28. The van der Waals surface area contributed by atoms with E-state index in [0.717, 1.165) is 10.6 Å². The molecule has 11 heteroatoms. The highest BCUT2D eigenvalue weighted by Gasteiger charge is 2.34. The lowest BCUT2D eigenvalue weighted by atomic mass is 10.0. The lowest BCUT2D eigenvalue weighted by Crippen LogP contribution is -2.46. The molecule has 3 aromatic heterocycles. The number of thioether (sulfide) groups is 1. The third kappa shape index (κ3) is 4.41. The molecule has 0 unspecified atom stereocenters. The zero-order valence-corrected chi connectivity index (χ0v) is 17.7. The first-order valence-corrected chi connectivity index (χ1v) is 11.1. The monoisotopic (exact) mass is 445 g/mol. The molecular formula is C19H19N5O4S2. The molecular weight excluding hydrogens is 426 g/mol. The zero-order valence-electron chi connectivity index (χ0n) is 16.0. The van der Waals surface area contributed by atoms with Crippen molar-refractivity contribution in [2.45, 2.75) is 24.7 Å². The van der Waals surface area contributed by atoms with Gasteiger partial charge in [0.25, 0.3) is 0 Å². The van der Waals surface area contributed by atoms with Gasteiger partial charge in [-0.25, -0.2) is 9.59 Å². The molecule has 0 fully saturated rings. The molecule has 0 aliphatic carbocycles.